The van der Waals surface area contributed by atoms with E-state index in [1.807, 2.05) is 24.3 Å². The van der Waals surface area contributed by atoms with Gasteiger partial charge in [-0.2, -0.15) is 0 Å². The monoisotopic (exact) mass is 573 g/mol. The minimum Gasteiger partial charge on any atom is -0.494 e. The fourth-order valence-electron chi connectivity index (χ4n) is 4.97. The fraction of sp³-hybridized carbons (Fsp3) is 0.367. The molecule has 3 aromatic rings. The number of likely N-dealkylation sites (tertiary alicyclic amines) is 1. The fourth-order valence-corrected chi connectivity index (χ4v) is 4.97. The van der Waals surface area contributed by atoms with E-state index in [1.54, 1.807) is 31.2 Å². The van der Waals surface area contributed by atoms with Crippen molar-refractivity contribution >= 4 is 23.0 Å². The summed E-state index contributed by atoms with van der Waals surface area (Å²) >= 11 is 0. The molecule has 0 radical (unpaired) electrons. The first kappa shape index (κ1) is 28.8. The summed E-state index contributed by atoms with van der Waals surface area (Å²) in [6.45, 7) is 5.66. The maximum Gasteiger partial charge on any atom is 0.338 e. The molecule has 4 nitrogen and oxygen atoms in total. The second-order valence-electron chi connectivity index (χ2n) is 9.21. The first-order valence-corrected chi connectivity index (χ1v) is 12.7. The summed E-state index contributed by atoms with van der Waals surface area (Å²) in [5.41, 5.74) is 2.67. The number of carbonyl (C=O) groups excluding carboxylic acids is 1. The average Bonchev–Trinajstić information content (AvgIpc) is 2.90. The highest BCUT2D eigenvalue weighted by Crippen LogP contribution is 2.38. The van der Waals surface area contributed by atoms with Crippen molar-refractivity contribution in [3.05, 3.63) is 101 Å². The van der Waals surface area contributed by atoms with E-state index in [4.69, 9.17) is 9.47 Å². The molecule has 0 atom stereocenters. The van der Waals surface area contributed by atoms with Gasteiger partial charge in [-0.3, -0.25) is 0 Å². The lowest BCUT2D eigenvalue weighted by Gasteiger charge is -2.36. The Bertz CT molecular complexity index is 1050. The summed E-state index contributed by atoms with van der Waals surface area (Å²) in [6.07, 6.45) is 2.95. The van der Waals surface area contributed by atoms with Gasteiger partial charge in [0.05, 0.1) is 18.8 Å². The lowest BCUT2D eigenvalue weighted by molar-refractivity contribution is 0.0526. The highest BCUT2D eigenvalue weighted by atomic mass is 79.9. The van der Waals surface area contributed by atoms with Crippen LogP contribution in [0.15, 0.2) is 72.8 Å². The third kappa shape index (κ3) is 8.11. The van der Waals surface area contributed by atoms with Gasteiger partial charge in [0, 0.05) is 12.5 Å². The van der Waals surface area contributed by atoms with Crippen molar-refractivity contribution in [3.63, 3.8) is 0 Å². The van der Waals surface area contributed by atoms with Gasteiger partial charge in [-0.15, -0.1) is 17.0 Å². The predicted octanol–water partition coefficient (Wildman–Crippen LogP) is 7.03. The maximum absolute atomic E-state index is 13.5. The van der Waals surface area contributed by atoms with E-state index in [2.05, 4.69) is 4.90 Å². The van der Waals surface area contributed by atoms with Crippen LogP contribution in [0.2, 0.25) is 0 Å². The second kappa shape index (κ2) is 14.2. The molecule has 0 aromatic heterocycles. The molecule has 0 aliphatic carbocycles. The number of esters is 1. The molecule has 0 spiro atoms. The molecule has 7 heteroatoms. The van der Waals surface area contributed by atoms with Gasteiger partial charge in [0.15, 0.2) is 0 Å². The summed E-state index contributed by atoms with van der Waals surface area (Å²) in [6, 6.07) is 20.5. The number of ether oxygens (including phenoxy) is 2. The summed E-state index contributed by atoms with van der Waals surface area (Å²) in [5.74, 6) is 0.449. The third-order valence-electron chi connectivity index (χ3n) is 6.81. The molecule has 1 fully saturated rings. The molecule has 1 heterocycles. The zero-order chi connectivity index (χ0) is 25.3. The first-order valence-electron chi connectivity index (χ1n) is 12.7. The van der Waals surface area contributed by atoms with Crippen molar-refractivity contribution in [2.75, 3.05) is 32.8 Å². The maximum atomic E-state index is 13.5. The Balaban J connectivity index is 0.00000380. The Hall–Kier alpha value is -2.77. The Morgan fingerprint density at radius 1 is 0.892 bits per heavy atom. The number of rotatable bonds is 10. The summed E-state index contributed by atoms with van der Waals surface area (Å²) < 4.78 is 37.9. The highest BCUT2D eigenvalue weighted by Gasteiger charge is 2.29. The number of piperidine rings is 1. The number of carbonyl (C=O) groups is 1. The van der Waals surface area contributed by atoms with Crippen LogP contribution < -0.4 is 4.74 Å². The molecule has 1 saturated heterocycles. The van der Waals surface area contributed by atoms with E-state index in [0.717, 1.165) is 55.8 Å². The van der Waals surface area contributed by atoms with Crippen LogP contribution in [0.1, 0.15) is 53.6 Å². The summed E-state index contributed by atoms with van der Waals surface area (Å²) in [7, 11) is 0. The van der Waals surface area contributed by atoms with Crippen LogP contribution >= 0.6 is 17.0 Å². The van der Waals surface area contributed by atoms with E-state index < -0.39 is 0 Å². The van der Waals surface area contributed by atoms with Crippen molar-refractivity contribution in [3.8, 4) is 5.75 Å². The smallest absolute Gasteiger partial charge is 0.338 e. The second-order valence-corrected chi connectivity index (χ2v) is 9.21. The Morgan fingerprint density at radius 3 is 1.95 bits per heavy atom. The SMILES string of the molecule is Br.CCOC(=O)c1ccc(OCCCN2CCC(C(c3ccc(F)cc3)c3ccc(F)cc3)CC2)cc1. The molecule has 0 bridgehead atoms. The number of benzene rings is 3. The largest absolute Gasteiger partial charge is 0.494 e. The first-order chi connectivity index (χ1) is 17.5. The van der Waals surface area contributed by atoms with Crippen molar-refractivity contribution in [1.29, 1.82) is 0 Å². The summed E-state index contributed by atoms with van der Waals surface area (Å²) in [5, 5.41) is 0. The Labute approximate surface area is 228 Å². The lowest BCUT2D eigenvalue weighted by Crippen LogP contribution is -2.36. The standard InChI is InChI=1S/C30H33F2NO3.BrH/c1-2-35-30(34)25-8-14-28(15-9-25)36-21-3-18-33-19-16-24(17-20-33)29(22-4-10-26(31)11-5-22)23-6-12-27(32)13-7-23;/h4-15,24,29H,2-3,16-21H2,1H3;1H. The molecule has 0 unspecified atom stereocenters. The van der Waals surface area contributed by atoms with Crippen LogP contribution in [0.4, 0.5) is 8.78 Å². The summed E-state index contributed by atoms with van der Waals surface area (Å²) in [4.78, 5) is 14.2. The Kier molecular flexibility index (Phi) is 11.1. The van der Waals surface area contributed by atoms with Gasteiger partial charge in [0.25, 0.3) is 0 Å². The quantitative estimate of drug-likeness (QED) is 0.193. The molecule has 0 saturated carbocycles. The van der Waals surface area contributed by atoms with Gasteiger partial charge in [-0.1, -0.05) is 24.3 Å². The van der Waals surface area contributed by atoms with E-state index in [-0.39, 0.29) is 40.5 Å². The molecule has 37 heavy (non-hydrogen) atoms. The van der Waals surface area contributed by atoms with Crippen LogP contribution in [0.5, 0.6) is 5.75 Å². The molecule has 1 aliphatic heterocycles. The zero-order valence-corrected chi connectivity index (χ0v) is 22.8. The predicted molar refractivity (Wildman–Crippen MR) is 147 cm³/mol. The third-order valence-corrected chi connectivity index (χ3v) is 6.81. The van der Waals surface area contributed by atoms with Gasteiger partial charge in [-0.25, -0.2) is 13.6 Å². The molecule has 3 aromatic carbocycles. The van der Waals surface area contributed by atoms with Gasteiger partial charge in [-0.05, 0) is 105 Å². The molecular formula is C30H34BrF2NO3. The molecule has 198 valence electrons. The van der Waals surface area contributed by atoms with Gasteiger partial charge in [0.2, 0.25) is 0 Å². The molecule has 0 amide bonds. The zero-order valence-electron chi connectivity index (χ0n) is 21.1. The molecule has 4 rings (SSSR count). The van der Waals surface area contributed by atoms with E-state index in [0.29, 0.717) is 24.7 Å². The van der Waals surface area contributed by atoms with E-state index >= 15 is 0 Å². The number of nitrogens with zero attached hydrogens (tertiary/aromatic N) is 1. The van der Waals surface area contributed by atoms with Crippen LogP contribution in [0.3, 0.4) is 0 Å². The van der Waals surface area contributed by atoms with Gasteiger partial charge in [0.1, 0.15) is 17.4 Å². The van der Waals surface area contributed by atoms with Crippen LogP contribution in [0, 0.1) is 17.6 Å². The molecule has 1 aliphatic rings. The number of hydrogen-bond acceptors (Lipinski definition) is 4. The van der Waals surface area contributed by atoms with Crippen LogP contribution in [-0.4, -0.2) is 43.7 Å². The lowest BCUT2D eigenvalue weighted by atomic mass is 9.76. The van der Waals surface area contributed by atoms with Crippen molar-refractivity contribution in [2.24, 2.45) is 5.92 Å². The van der Waals surface area contributed by atoms with Crippen LogP contribution in [0.25, 0.3) is 0 Å². The highest BCUT2D eigenvalue weighted by molar-refractivity contribution is 8.93. The van der Waals surface area contributed by atoms with E-state index in [9.17, 15) is 13.6 Å². The minimum atomic E-state index is -0.325. The van der Waals surface area contributed by atoms with E-state index in [1.165, 1.54) is 24.3 Å². The number of halogens is 3. The van der Waals surface area contributed by atoms with Gasteiger partial charge < -0.3 is 14.4 Å². The number of hydrogen-bond donors (Lipinski definition) is 0. The topological polar surface area (TPSA) is 38.8 Å². The molecule has 0 N–H and O–H groups in total. The normalized spacial score (nSPS) is 14.3. The molecular weight excluding hydrogens is 540 g/mol. The van der Waals surface area contributed by atoms with Crippen molar-refractivity contribution < 1.29 is 23.0 Å². The average molecular weight is 575 g/mol. The van der Waals surface area contributed by atoms with Crippen molar-refractivity contribution in [1.82, 2.24) is 4.90 Å². The Morgan fingerprint density at radius 2 is 1.43 bits per heavy atom. The van der Waals surface area contributed by atoms with Crippen molar-refractivity contribution in [2.45, 2.75) is 32.1 Å². The van der Waals surface area contributed by atoms with Gasteiger partial charge >= 0.3 is 5.97 Å². The minimum absolute atomic E-state index is 0. The van der Waals surface area contributed by atoms with Crippen LogP contribution in [-0.2, 0) is 4.74 Å².